The number of carbonyl (C=O) groups excluding carboxylic acids is 1. The average molecular weight is 320 g/mol. The maximum absolute atomic E-state index is 11.9. The standard InChI is InChI=1S/C19H20N4O/c1-12-10-13(2)18(15(4)24)14(3)17(12)11-23-21-19(20-22-23)16-8-6-5-7-9-16/h5-10H,11H2,1-4H3. The molecule has 5 heteroatoms. The van der Waals surface area contributed by atoms with Gasteiger partial charge in [0.1, 0.15) is 0 Å². The molecular formula is C19H20N4O. The number of aromatic nitrogens is 4. The third-order valence-corrected chi connectivity index (χ3v) is 4.27. The van der Waals surface area contributed by atoms with Gasteiger partial charge in [0.05, 0.1) is 6.54 Å². The van der Waals surface area contributed by atoms with Gasteiger partial charge in [-0.2, -0.15) is 4.80 Å². The van der Waals surface area contributed by atoms with Crippen LogP contribution in [0.5, 0.6) is 0 Å². The van der Waals surface area contributed by atoms with Gasteiger partial charge in [0.2, 0.25) is 5.82 Å². The maximum Gasteiger partial charge on any atom is 0.204 e. The van der Waals surface area contributed by atoms with Crippen LogP contribution in [0.3, 0.4) is 0 Å². The summed E-state index contributed by atoms with van der Waals surface area (Å²) in [5.74, 6) is 0.688. The van der Waals surface area contributed by atoms with Crippen LogP contribution < -0.4 is 0 Å². The van der Waals surface area contributed by atoms with Gasteiger partial charge in [0.25, 0.3) is 0 Å². The fourth-order valence-corrected chi connectivity index (χ4v) is 3.17. The quantitative estimate of drug-likeness (QED) is 0.690. The number of hydrogen-bond donors (Lipinski definition) is 0. The van der Waals surface area contributed by atoms with E-state index in [1.807, 2.05) is 57.2 Å². The summed E-state index contributed by atoms with van der Waals surface area (Å²) in [7, 11) is 0. The van der Waals surface area contributed by atoms with E-state index in [0.29, 0.717) is 12.4 Å². The molecule has 0 N–H and O–H groups in total. The van der Waals surface area contributed by atoms with Crippen molar-refractivity contribution < 1.29 is 4.79 Å². The molecule has 0 bridgehead atoms. The number of aryl methyl sites for hydroxylation is 2. The molecule has 0 saturated carbocycles. The van der Waals surface area contributed by atoms with E-state index >= 15 is 0 Å². The maximum atomic E-state index is 11.9. The van der Waals surface area contributed by atoms with Crippen LogP contribution in [0.25, 0.3) is 11.4 Å². The minimum atomic E-state index is 0.0859. The van der Waals surface area contributed by atoms with Crippen LogP contribution in [0.2, 0.25) is 0 Å². The molecule has 0 aliphatic rings. The van der Waals surface area contributed by atoms with Crippen molar-refractivity contribution in [2.75, 3.05) is 0 Å². The Labute approximate surface area is 141 Å². The summed E-state index contributed by atoms with van der Waals surface area (Å²) in [5.41, 5.74) is 5.94. The largest absolute Gasteiger partial charge is 0.294 e. The van der Waals surface area contributed by atoms with Gasteiger partial charge >= 0.3 is 0 Å². The van der Waals surface area contributed by atoms with Crippen LogP contribution in [-0.2, 0) is 6.54 Å². The van der Waals surface area contributed by atoms with Gasteiger partial charge in [0, 0.05) is 11.1 Å². The molecule has 0 atom stereocenters. The van der Waals surface area contributed by atoms with Crippen LogP contribution in [0, 0.1) is 20.8 Å². The van der Waals surface area contributed by atoms with Gasteiger partial charge in [-0.25, -0.2) is 0 Å². The Morgan fingerprint density at radius 2 is 1.79 bits per heavy atom. The van der Waals surface area contributed by atoms with Crippen molar-refractivity contribution in [3.63, 3.8) is 0 Å². The number of nitrogens with zero attached hydrogens (tertiary/aromatic N) is 4. The first-order valence-electron chi connectivity index (χ1n) is 7.91. The van der Waals surface area contributed by atoms with E-state index in [2.05, 4.69) is 15.4 Å². The van der Waals surface area contributed by atoms with E-state index in [9.17, 15) is 4.79 Å². The van der Waals surface area contributed by atoms with Crippen LogP contribution in [0.1, 0.15) is 39.5 Å². The molecule has 0 fully saturated rings. The molecular weight excluding hydrogens is 300 g/mol. The van der Waals surface area contributed by atoms with Crippen molar-refractivity contribution in [2.24, 2.45) is 0 Å². The summed E-state index contributed by atoms with van der Waals surface area (Å²) in [4.78, 5) is 13.5. The van der Waals surface area contributed by atoms with E-state index < -0.39 is 0 Å². The van der Waals surface area contributed by atoms with E-state index in [1.165, 1.54) is 0 Å². The predicted molar refractivity (Wildman–Crippen MR) is 93.0 cm³/mol. The third-order valence-electron chi connectivity index (χ3n) is 4.27. The Hall–Kier alpha value is -2.82. The van der Waals surface area contributed by atoms with Crippen LogP contribution in [0.4, 0.5) is 0 Å². The summed E-state index contributed by atoms with van der Waals surface area (Å²) in [5, 5.41) is 12.8. The molecule has 122 valence electrons. The predicted octanol–water partition coefficient (Wildman–Crippen LogP) is 3.52. The molecule has 24 heavy (non-hydrogen) atoms. The lowest BCUT2D eigenvalue weighted by Gasteiger charge is -2.15. The van der Waals surface area contributed by atoms with E-state index in [-0.39, 0.29) is 5.78 Å². The fraction of sp³-hybridized carbons (Fsp3) is 0.263. The zero-order valence-electron chi connectivity index (χ0n) is 14.4. The number of ketones is 1. The molecule has 3 aromatic rings. The summed E-state index contributed by atoms with van der Waals surface area (Å²) in [6.45, 7) is 8.12. The lowest BCUT2D eigenvalue weighted by molar-refractivity contribution is 0.101. The van der Waals surface area contributed by atoms with Crippen LogP contribution >= 0.6 is 0 Å². The Morgan fingerprint density at radius 3 is 2.46 bits per heavy atom. The molecule has 0 amide bonds. The fourth-order valence-electron chi connectivity index (χ4n) is 3.17. The van der Waals surface area contributed by atoms with Gasteiger partial charge in [-0.05, 0) is 55.2 Å². The Bertz CT molecular complexity index is 897. The molecule has 1 heterocycles. The molecule has 0 aliphatic carbocycles. The van der Waals surface area contributed by atoms with Crippen molar-refractivity contribution in [1.82, 2.24) is 20.2 Å². The Morgan fingerprint density at radius 1 is 1.08 bits per heavy atom. The highest BCUT2D eigenvalue weighted by Crippen LogP contribution is 2.23. The number of tetrazole rings is 1. The molecule has 5 nitrogen and oxygen atoms in total. The van der Waals surface area contributed by atoms with Crippen molar-refractivity contribution in [3.05, 3.63) is 64.2 Å². The summed E-state index contributed by atoms with van der Waals surface area (Å²) in [6, 6.07) is 11.8. The van der Waals surface area contributed by atoms with Crippen molar-refractivity contribution >= 4 is 5.78 Å². The lowest BCUT2D eigenvalue weighted by atomic mass is 9.91. The summed E-state index contributed by atoms with van der Waals surface area (Å²) >= 11 is 0. The highest BCUT2D eigenvalue weighted by molar-refractivity contribution is 5.97. The molecule has 0 aliphatic heterocycles. The molecule has 3 rings (SSSR count). The average Bonchev–Trinajstić information content (AvgIpc) is 3.00. The van der Waals surface area contributed by atoms with Crippen molar-refractivity contribution in [3.8, 4) is 11.4 Å². The van der Waals surface area contributed by atoms with Gasteiger partial charge in [-0.15, -0.1) is 10.2 Å². The van der Waals surface area contributed by atoms with Crippen LogP contribution in [0.15, 0.2) is 36.4 Å². The first kappa shape index (κ1) is 16.1. The molecule has 0 spiro atoms. The number of carbonyl (C=O) groups is 1. The monoisotopic (exact) mass is 320 g/mol. The zero-order valence-corrected chi connectivity index (χ0v) is 14.4. The minimum absolute atomic E-state index is 0.0859. The van der Waals surface area contributed by atoms with E-state index in [1.54, 1.807) is 11.7 Å². The summed E-state index contributed by atoms with van der Waals surface area (Å²) in [6.07, 6.45) is 0. The topological polar surface area (TPSA) is 60.7 Å². The lowest BCUT2D eigenvalue weighted by Crippen LogP contribution is -2.11. The van der Waals surface area contributed by atoms with E-state index in [4.69, 9.17) is 0 Å². The number of hydrogen-bond acceptors (Lipinski definition) is 4. The zero-order chi connectivity index (χ0) is 17.3. The van der Waals surface area contributed by atoms with E-state index in [0.717, 1.165) is 33.4 Å². The first-order chi connectivity index (χ1) is 11.5. The van der Waals surface area contributed by atoms with Gasteiger partial charge in [0.15, 0.2) is 5.78 Å². The second-order valence-electron chi connectivity index (χ2n) is 6.05. The first-order valence-corrected chi connectivity index (χ1v) is 7.91. The van der Waals surface area contributed by atoms with Gasteiger partial charge < -0.3 is 0 Å². The highest BCUT2D eigenvalue weighted by atomic mass is 16.1. The van der Waals surface area contributed by atoms with Gasteiger partial charge in [-0.1, -0.05) is 36.4 Å². The second-order valence-corrected chi connectivity index (χ2v) is 6.05. The Kier molecular flexibility index (Phi) is 4.25. The summed E-state index contributed by atoms with van der Waals surface area (Å²) < 4.78 is 0. The number of rotatable bonds is 4. The Balaban J connectivity index is 1.96. The molecule has 0 saturated heterocycles. The van der Waals surface area contributed by atoms with Gasteiger partial charge in [-0.3, -0.25) is 4.79 Å². The third kappa shape index (κ3) is 2.97. The van der Waals surface area contributed by atoms with Crippen molar-refractivity contribution in [2.45, 2.75) is 34.2 Å². The SMILES string of the molecule is CC(=O)c1c(C)cc(C)c(Cn2nnc(-c3ccccc3)n2)c1C. The normalized spacial score (nSPS) is 10.8. The second kappa shape index (κ2) is 6.35. The number of Topliss-reactive ketones (excluding diaryl/α,β-unsaturated/α-hetero) is 1. The molecule has 0 unspecified atom stereocenters. The molecule has 1 aromatic heterocycles. The van der Waals surface area contributed by atoms with Crippen LogP contribution in [-0.4, -0.2) is 26.0 Å². The number of benzene rings is 2. The molecule has 2 aromatic carbocycles. The highest BCUT2D eigenvalue weighted by Gasteiger charge is 2.15. The smallest absolute Gasteiger partial charge is 0.204 e. The van der Waals surface area contributed by atoms with Crippen molar-refractivity contribution in [1.29, 1.82) is 0 Å². The minimum Gasteiger partial charge on any atom is -0.294 e. The molecule has 0 radical (unpaired) electrons.